The number of carbonyl (C=O) groups excluding carboxylic acids is 3. The lowest BCUT2D eigenvalue weighted by atomic mass is 10.1. The summed E-state index contributed by atoms with van der Waals surface area (Å²) in [5, 5.41) is 10.1. The van der Waals surface area contributed by atoms with Crippen LogP contribution in [0.25, 0.3) is 5.57 Å². The molecule has 28 heavy (non-hydrogen) atoms. The second-order valence-electron chi connectivity index (χ2n) is 6.26. The maximum absolute atomic E-state index is 13.1. The Bertz CT molecular complexity index is 948. The van der Waals surface area contributed by atoms with E-state index in [-0.39, 0.29) is 17.7 Å². The van der Waals surface area contributed by atoms with Crippen molar-refractivity contribution in [2.45, 2.75) is 19.9 Å². The van der Waals surface area contributed by atoms with E-state index in [1.807, 2.05) is 6.92 Å². The largest absolute Gasteiger partial charge is 0.502 e. The minimum absolute atomic E-state index is 0.0727. The number of rotatable bonds is 6. The topological polar surface area (TPSA) is 83.9 Å². The number of aliphatic hydroxyl groups is 1. The number of esters is 1. The van der Waals surface area contributed by atoms with Crippen LogP contribution in [0.15, 0.2) is 54.3 Å². The zero-order chi connectivity index (χ0) is 20.3. The number of amides is 2. The third-order valence-electron chi connectivity index (χ3n) is 4.24. The molecule has 2 aromatic rings. The van der Waals surface area contributed by atoms with Crippen molar-refractivity contribution in [3.8, 4) is 0 Å². The number of hydrogen-bond acceptors (Lipinski definition) is 5. The fourth-order valence-corrected chi connectivity index (χ4v) is 2.79. The Morgan fingerprint density at radius 2 is 1.68 bits per heavy atom. The first-order valence-electron chi connectivity index (χ1n) is 8.73. The van der Waals surface area contributed by atoms with E-state index in [0.29, 0.717) is 17.7 Å². The van der Waals surface area contributed by atoms with Gasteiger partial charge in [-0.2, -0.15) is 0 Å². The standard InChI is InChI=1S/C21H18FNO5/c1-2-11-28-21(27)15-5-3-13(4-6-15)12-23-19(25)17(18(24)20(23)26)14-7-9-16(22)10-8-14/h3-10,24H,2,11-12H2,1H3. The normalized spacial score (nSPS) is 14.0. The van der Waals surface area contributed by atoms with Gasteiger partial charge in [0.05, 0.1) is 24.3 Å². The molecule has 0 saturated heterocycles. The number of imide groups is 1. The lowest BCUT2D eigenvalue weighted by Gasteiger charge is -2.15. The molecule has 0 unspecified atom stereocenters. The minimum atomic E-state index is -0.823. The van der Waals surface area contributed by atoms with Crippen LogP contribution in [0.1, 0.15) is 34.8 Å². The van der Waals surface area contributed by atoms with Crippen molar-refractivity contribution in [3.63, 3.8) is 0 Å². The molecule has 2 amide bonds. The summed E-state index contributed by atoms with van der Waals surface area (Å²) in [6.45, 7) is 2.15. The highest BCUT2D eigenvalue weighted by Crippen LogP contribution is 2.29. The van der Waals surface area contributed by atoms with E-state index in [1.54, 1.807) is 24.3 Å². The quantitative estimate of drug-likeness (QED) is 0.612. The predicted molar refractivity (Wildman–Crippen MR) is 98.5 cm³/mol. The van der Waals surface area contributed by atoms with Gasteiger partial charge < -0.3 is 9.84 Å². The number of nitrogens with zero attached hydrogens (tertiary/aromatic N) is 1. The van der Waals surface area contributed by atoms with Gasteiger partial charge in [-0.15, -0.1) is 0 Å². The molecule has 1 aliphatic rings. The molecule has 1 heterocycles. The second-order valence-corrected chi connectivity index (χ2v) is 6.26. The van der Waals surface area contributed by atoms with Gasteiger partial charge in [0.1, 0.15) is 5.82 Å². The Morgan fingerprint density at radius 3 is 2.29 bits per heavy atom. The van der Waals surface area contributed by atoms with E-state index < -0.39 is 29.4 Å². The van der Waals surface area contributed by atoms with Crippen LogP contribution in [-0.2, 0) is 20.9 Å². The van der Waals surface area contributed by atoms with Crippen LogP contribution in [0.3, 0.4) is 0 Å². The van der Waals surface area contributed by atoms with Crippen LogP contribution in [0, 0.1) is 5.82 Å². The molecule has 0 bridgehead atoms. The SMILES string of the molecule is CCCOC(=O)c1ccc(CN2C(=O)C(O)=C(c3ccc(F)cc3)C2=O)cc1. The molecule has 7 heteroatoms. The van der Waals surface area contributed by atoms with Gasteiger partial charge in [0.2, 0.25) is 0 Å². The van der Waals surface area contributed by atoms with Crippen molar-refractivity contribution < 1.29 is 28.6 Å². The third-order valence-corrected chi connectivity index (χ3v) is 4.24. The fraction of sp³-hybridized carbons (Fsp3) is 0.190. The average molecular weight is 383 g/mol. The summed E-state index contributed by atoms with van der Waals surface area (Å²) < 4.78 is 18.1. The van der Waals surface area contributed by atoms with Crippen LogP contribution in [-0.4, -0.2) is 34.4 Å². The van der Waals surface area contributed by atoms with Crippen LogP contribution >= 0.6 is 0 Å². The van der Waals surface area contributed by atoms with Crippen molar-refractivity contribution in [1.82, 2.24) is 4.90 Å². The summed E-state index contributed by atoms with van der Waals surface area (Å²) in [6.07, 6.45) is 0.718. The van der Waals surface area contributed by atoms with Crippen molar-refractivity contribution in [2.75, 3.05) is 6.61 Å². The van der Waals surface area contributed by atoms with Crippen LogP contribution in [0.5, 0.6) is 0 Å². The molecule has 0 saturated carbocycles. The van der Waals surface area contributed by atoms with Crippen molar-refractivity contribution in [2.24, 2.45) is 0 Å². The van der Waals surface area contributed by atoms with Crippen LogP contribution in [0.2, 0.25) is 0 Å². The molecule has 0 aromatic heterocycles. The van der Waals surface area contributed by atoms with Gasteiger partial charge in [-0.3, -0.25) is 14.5 Å². The Hall–Kier alpha value is -3.48. The number of ether oxygens (including phenoxy) is 1. The molecule has 6 nitrogen and oxygen atoms in total. The lowest BCUT2D eigenvalue weighted by molar-refractivity contribution is -0.138. The van der Waals surface area contributed by atoms with Gasteiger partial charge in [0.25, 0.3) is 11.8 Å². The zero-order valence-electron chi connectivity index (χ0n) is 15.1. The molecule has 2 aromatic carbocycles. The van der Waals surface area contributed by atoms with Crippen LogP contribution in [0.4, 0.5) is 4.39 Å². The first kappa shape index (κ1) is 19.3. The number of hydrogen-bond donors (Lipinski definition) is 1. The third kappa shape index (κ3) is 3.78. The molecule has 0 atom stereocenters. The van der Waals surface area contributed by atoms with Crippen molar-refractivity contribution >= 4 is 23.4 Å². The Labute approximate surface area is 160 Å². The molecule has 0 fully saturated rings. The summed E-state index contributed by atoms with van der Waals surface area (Å²) in [7, 11) is 0. The Morgan fingerprint density at radius 1 is 1.04 bits per heavy atom. The summed E-state index contributed by atoms with van der Waals surface area (Å²) in [4.78, 5) is 37.7. The number of aliphatic hydroxyl groups excluding tert-OH is 1. The van der Waals surface area contributed by atoms with E-state index in [4.69, 9.17) is 4.74 Å². The lowest BCUT2D eigenvalue weighted by Crippen LogP contribution is -2.31. The fourth-order valence-electron chi connectivity index (χ4n) is 2.79. The monoisotopic (exact) mass is 383 g/mol. The summed E-state index contributed by atoms with van der Waals surface area (Å²) in [5.41, 5.74) is 1.06. The van der Waals surface area contributed by atoms with E-state index in [0.717, 1.165) is 23.5 Å². The highest BCUT2D eigenvalue weighted by Gasteiger charge is 2.39. The first-order valence-corrected chi connectivity index (χ1v) is 8.73. The molecule has 144 valence electrons. The maximum Gasteiger partial charge on any atom is 0.338 e. The Kier molecular flexibility index (Phi) is 5.54. The smallest absolute Gasteiger partial charge is 0.338 e. The van der Waals surface area contributed by atoms with Gasteiger partial charge >= 0.3 is 5.97 Å². The first-order chi connectivity index (χ1) is 13.4. The van der Waals surface area contributed by atoms with Crippen molar-refractivity contribution in [3.05, 3.63) is 76.8 Å². The van der Waals surface area contributed by atoms with E-state index in [2.05, 4.69) is 0 Å². The number of halogens is 1. The highest BCUT2D eigenvalue weighted by atomic mass is 19.1. The number of carbonyl (C=O) groups is 3. The van der Waals surface area contributed by atoms with Crippen molar-refractivity contribution in [1.29, 1.82) is 0 Å². The van der Waals surface area contributed by atoms with E-state index in [1.165, 1.54) is 12.1 Å². The molecule has 3 rings (SSSR count). The highest BCUT2D eigenvalue weighted by molar-refractivity contribution is 6.34. The second kappa shape index (κ2) is 8.04. The molecular weight excluding hydrogens is 365 g/mol. The van der Waals surface area contributed by atoms with E-state index >= 15 is 0 Å². The molecule has 0 aliphatic carbocycles. The Balaban J connectivity index is 1.75. The summed E-state index contributed by atoms with van der Waals surface area (Å²) in [6, 6.07) is 11.3. The summed E-state index contributed by atoms with van der Waals surface area (Å²) in [5.74, 6) is -3.10. The predicted octanol–water partition coefficient (Wildman–Crippen LogP) is 3.23. The molecule has 0 spiro atoms. The average Bonchev–Trinajstić information content (AvgIpc) is 2.91. The van der Waals surface area contributed by atoms with Gasteiger partial charge in [-0.25, -0.2) is 9.18 Å². The van der Waals surface area contributed by atoms with Gasteiger partial charge in [0, 0.05) is 0 Å². The van der Waals surface area contributed by atoms with E-state index in [9.17, 15) is 23.9 Å². The van der Waals surface area contributed by atoms with Crippen LogP contribution < -0.4 is 0 Å². The van der Waals surface area contributed by atoms with Gasteiger partial charge in [-0.05, 0) is 41.8 Å². The maximum atomic E-state index is 13.1. The molecular formula is C21H18FNO5. The summed E-state index contributed by atoms with van der Waals surface area (Å²) >= 11 is 0. The minimum Gasteiger partial charge on any atom is -0.502 e. The molecule has 1 aliphatic heterocycles. The number of benzene rings is 2. The van der Waals surface area contributed by atoms with Gasteiger partial charge in [-0.1, -0.05) is 31.2 Å². The van der Waals surface area contributed by atoms with Gasteiger partial charge in [0.15, 0.2) is 5.76 Å². The molecule has 0 radical (unpaired) electrons. The molecule has 1 N–H and O–H groups in total. The zero-order valence-corrected chi connectivity index (χ0v) is 15.1.